The third kappa shape index (κ3) is 23.2. The van der Waals surface area contributed by atoms with Crippen LogP contribution < -0.4 is 0 Å². The van der Waals surface area contributed by atoms with E-state index < -0.39 is 18.8 Å². The molecule has 0 unspecified atom stereocenters. The Morgan fingerprint density at radius 3 is 1.30 bits per heavy atom. The average molecular weight is 395 g/mol. The highest BCUT2D eigenvalue weighted by Gasteiger charge is 2.29. The van der Waals surface area contributed by atoms with Crippen molar-refractivity contribution in [1.82, 2.24) is 0 Å². The molecule has 0 spiro atoms. The van der Waals surface area contributed by atoms with Crippen LogP contribution in [0.1, 0.15) is 122 Å². The molecule has 0 rings (SSSR count). The maximum atomic E-state index is 11.9. The summed E-state index contributed by atoms with van der Waals surface area (Å²) in [5.41, 5.74) is 0. The third-order valence-electron chi connectivity index (χ3n) is 4.88. The van der Waals surface area contributed by atoms with Gasteiger partial charge in [0.15, 0.2) is 6.61 Å². The summed E-state index contributed by atoms with van der Waals surface area (Å²) in [5.74, 6) is -0.742. The number of carbonyl (C=O) groups excluding carboxylic acids is 1. The van der Waals surface area contributed by atoms with Gasteiger partial charge in [-0.05, 0) is 6.42 Å². The minimum atomic E-state index is -4.43. The molecular formula is C22H41F3O2. The summed E-state index contributed by atoms with van der Waals surface area (Å²) in [5, 5.41) is 0. The minimum Gasteiger partial charge on any atom is -0.456 e. The highest BCUT2D eigenvalue weighted by Crippen LogP contribution is 2.16. The lowest BCUT2D eigenvalue weighted by atomic mass is 10.0. The number of unbranched alkanes of at least 4 members (excludes halogenated alkanes) is 16. The number of hydrogen-bond donors (Lipinski definition) is 0. The summed E-state index contributed by atoms with van der Waals surface area (Å²) >= 11 is 0. The van der Waals surface area contributed by atoms with E-state index in [9.17, 15) is 18.0 Å². The standard InChI is InChI=1S/C22H41F3O2/c1-2-3-4-5-6-7-8-9-10-11-12-13-14-15-16-17-18-19-21(26)27-20-22(23,24)25/h2-20H2,1H3. The van der Waals surface area contributed by atoms with Crippen LogP contribution in [-0.4, -0.2) is 18.8 Å². The topological polar surface area (TPSA) is 26.3 Å². The lowest BCUT2D eigenvalue weighted by Crippen LogP contribution is -2.20. The Kier molecular flexibility index (Phi) is 18.1. The van der Waals surface area contributed by atoms with Gasteiger partial charge in [0, 0.05) is 6.42 Å². The summed E-state index contributed by atoms with van der Waals surface area (Å²) in [4.78, 5) is 11.1. The van der Waals surface area contributed by atoms with E-state index in [2.05, 4.69) is 11.7 Å². The first-order valence-electron chi connectivity index (χ1n) is 11.2. The Morgan fingerprint density at radius 1 is 0.630 bits per heavy atom. The molecule has 27 heavy (non-hydrogen) atoms. The number of alkyl halides is 3. The average Bonchev–Trinajstić information content (AvgIpc) is 2.62. The van der Waals surface area contributed by atoms with Gasteiger partial charge in [-0.2, -0.15) is 13.2 Å². The molecule has 0 bridgehead atoms. The molecule has 0 saturated heterocycles. The lowest BCUT2D eigenvalue weighted by Gasteiger charge is -2.07. The number of ether oxygens (including phenoxy) is 1. The Labute approximate surface area is 164 Å². The number of halogens is 3. The van der Waals surface area contributed by atoms with E-state index in [4.69, 9.17) is 0 Å². The van der Waals surface area contributed by atoms with Crippen LogP contribution in [0.15, 0.2) is 0 Å². The van der Waals surface area contributed by atoms with E-state index in [1.54, 1.807) is 0 Å². The molecular weight excluding hydrogens is 353 g/mol. The fourth-order valence-corrected chi connectivity index (χ4v) is 3.23. The molecule has 0 saturated carbocycles. The number of carbonyl (C=O) groups is 1. The first kappa shape index (κ1) is 26.3. The summed E-state index contributed by atoms with van der Waals surface area (Å²) < 4.78 is 39.8. The van der Waals surface area contributed by atoms with Crippen molar-refractivity contribution in [2.24, 2.45) is 0 Å². The van der Waals surface area contributed by atoms with Crippen LogP contribution in [0.5, 0.6) is 0 Å². The van der Waals surface area contributed by atoms with Crippen molar-refractivity contribution in [3.63, 3.8) is 0 Å². The summed E-state index contributed by atoms with van der Waals surface area (Å²) in [6.45, 7) is 0.787. The summed E-state index contributed by atoms with van der Waals surface area (Å²) in [6.07, 6.45) is 16.9. The number of hydrogen-bond acceptors (Lipinski definition) is 2. The van der Waals surface area contributed by atoms with Crippen molar-refractivity contribution in [2.75, 3.05) is 6.61 Å². The molecule has 0 radical (unpaired) electrons. The van der Waals surface area contributed by atoms with Crippen molar-refractivity contribution >= 4 is 5.97 Å². The third-order valence-corrected chi connectivity index (χ3v) is 4.88. The van der Waals surface area contributed by atoms with E-state index in [0.29, 0.717) is 6.42 Å². The zero-order valence-electron chi connectivity index (χ0n) is 17.4. The molecule has 162 valence electrons. The first-order valence-corrected chi connectivity index (χ1v) is 11.2. The molecule has 0 N–H and O–H groups in total. The van der Waals surface area contributed by atoms with Crippen molar-refractivity contribution in [1.29, 1.82) is 0 Å². The van der Waals surface area contributed by atoms with E-state index in [1.165, 1.54) is 83.5 Å². The molecule has 0 aliphatic carbocycles. The Hall–Kier alpha value is -0.740. The number of rotatable bonds is 19. The Bertz CT molecular complexity index is 330. The van der Waals surface area contributed by atoms with Crippen molar-refractivity contribution in [3.8, 4) is 0 Å². The quantitative estimate of drug-likeness (QED) is 0.163. The maximum absolute atomic E-state index is 11.9. The Balaban J connectivity index is 3.14. The maximum Gasteiger partial charge on any atom is 0.422 e. The van der Waals surface area contributed by atoms with Gasteiger partial charge in [-0.25, -0.2) is 0 Å². The largest absolute Gasteiger partial charge is 0.456 e. The van der Waals surface area contributed by atoms with E-state index in [0.717, 1.165) is 19.3 Å². The zero-order chi connectivity index (χ0) is 20.2. The van der Waals surface area contributed by atoms with Crippen molar-refractivity contribution in [3.05, 3.63) is 0 Å². The number of esters is 1. The van der Waals surface area contributed by atoms with Gasteiger partial charge in [-0.3, -0.25) is 4.79 Å². The van der Waals surface area contributed by atoms with Gasteiger partial charge in [0.25, 0.3) is 0 Å². The van der Waals surface area contributed by atoms with Gasteiger partial charge < -0.3 is 4.74 Å². The van der Waals surface area contributed by atoms with Gasteiger partial charge >= 0.3 is 12.1 Å². The molecule has 0 atom stereocenters. The van der Waals surface area contributed by atoms with E-state index in [-0.39, 0.29) is 6.42 Å². The predicted molar refractivity (Wildman–Crippen MR) is 106 cm³/mol. The molecule has 0 heterocycles. The van der Waals surface area contributed by atoms with Crippen LogP contribution in [0.4, 0.5) is 13.2 Å². The second-order valence-electron chi connectivity index (χ2n) is 7.68. The second-order valence-corrected chi connectivity index (χ2v) is 7.68. The van der Waals surface area contributed by atoms with Crippen LogP contribution in [0.2, 0.25) is 0 Å². The Morgan fingerprint density at radius 2 is 0.963 bits per heavy atom. The molecule has 2 nitrogen and oxygen atoms in total. The fraction of sp³-hybridized carbons (Fsp3) is 0.955. The molecule has 5 heteroatoms. The van der Waals surface area contributed by atoms with Gasteiger partial charge in [0.1, 0.15) is 0 Å². The molecule has 0 aliphatic rings. The van der Waals surface area contributed by atoms with Crippen molar-refractivity contribution in [2.45, 2.75) is 129 Å². The molecule has 0 aliphatic heterocycles. The SMILES string of the molecule is CCCCCCCCCCCCCCCCCCCC(=O)OCC(F)(F)F. The van der Waals surface area contributed by atoms with E-state index >= 15 is 0 Å². The second kappa shape index (κ2) is 18.6. The predicted octanol–water partition coefficient (Wildman–Crippen LogP) is 8.13. The van der Waals surface area contributed by atoms with Gasteiger partial charge in [0.2, 0.25) is 0 Å². The highest BCUT2D eigenvalue weighted by molar-refractivity contribution is 5.69. The normalized spacial score (nSPS) is 11.7. The first-order chi connectivity index (χ1) is 13.0. The summed E-state index contributed by atoms with van der Waals surface area (Å²) in [7, 11) is 0. The molecule has 0 amide bonds. The lowest BCUT2D eigenvalue weighted by molar-refractivity contribution is -0.186. The molecule has 0 aromatic rings. The monoisotopic (exact) mass is 394 g/mol. The van der Waals surface area contributed by atoms with Gasteiger partial charge in [-0.1, -0.05) is 110 Å². The van der Waals surface area contributed by atoms with Crippen LogP contribution in [0, 0.1) is 0 Å². The van der Waals surface area contributed by atoms with Gasteiger partial charge in [0.05, 0.1) is 0 Å². The molecule has 0 aromatic heterocycles. The van der Waals surface area contributed by atoms with Crippen LogP contribution >= 0.6 is 0 Å². The minimum absolute atomic E-state index is 0.0919. The van der Waals surface area contributed by atoms with Gasteiger partial charge in [-0.15, -0.1) is 0 Å². The fourth-order valence-electron chi connectivity index (χ4n) is 3.23. The van der Waals surface area contributed by atoms with Crippen molar-refractivity contribution < 1.29 is 22.7 Å². The van der Waals surface area contributed by atoms with E-state index in [1.807, 2.05) is 0 Å². The van der Waals surface area contributed by atoms with Crippen LogP contribution in [0.3, 0.4) is 0 Å². The zero-order valence-corrected chi connectivity index (χ0v) is 17.4. The summed E-state index contributed by atoms with van der Waals surface area (Å²) in [6, 6.07) is 0. The molecule has 0 fully saturated rings. The smallest absolute Gasteiger partial charge is 0.422 e. The molecule has 0 aromatic carbocycles. The van der Waals surface area contributed by atoms with Crippen LogP contribution in [0.25, 0.3) is 0 Å². The van der Waals surface area contributed by atoms with Crippen LogP contribution in [-0.2, 0) is 9.53 Å². The highest BCUT2D eigenvalue weighted by atomic mass is 19.4.